The van der Waals surface area contributed by atoms with Crippen LogP contribution >= 0.6 is 11.3 Å². The van der Waals surface area contributed by atoms with Crippen molar-refractivity contribution in [2.24, 2.45) is 0 Å². The third-order valence-electron chi connectivity index (χ3n) is 2.73. The zero-order valence-corrected chi connectivity index (χ0v) is 12.6. The van der Waals surface area contributed by atoms with Gasteiger partial charge < -0.3 is 5.11 Å². The molecule has 5 nitrogen and oxygen atoms in total. The monoisotopic (exact) mass is 312 g/mol. The van der Waals surface area contributed by atoms with Crippen LogP contribution < -0.4 is 4.72 Å². The van der Waals surface area contributed by atoms with Gasteiger partial charge in [-0.3, -0.25) is 0 Å². The molecule has 0 spiro atoms. The van der Waals surface area contributed by atoms with Gasteiger partial charge >= 0.3 is 0 Å². The number of aromatic nitrogens is 1. The van der Waals surface area contributed by atoms with Crippen molar-refractivity contribution < 1.29 is 13.5 Å². The second-order valence-corrected chi connectivity index (χ2v) is 7.56. The van der Waals surface area contributed by atoms with Crippen LogP contribution in [0.1, 0.15) is 10.6 Å². The van der Waals surface area contributed by atoms with Crippen molar-refractivity contribution in [3.05, 3.63) is 47.1 Å². The number of hydrogen-bond donors (Lipinski definition) is 2. The van der Waals surface area contributed by atoms with Crippen molar-refractivity contribution in [1.29, 1.82) is 0 Å². The standard InChI is InChI=1S/C13H16N2O3S2/c1-10-14-8-13(19-10)20(17,18)15-12(9-16)7-11-5-3-2-4-6-11/h2-6,8,12,15-16H,7,9H2,1H3/t12-/m1/s1. The quantitative estimate of drug-likeness (QED) is 0.843. The lowest BCUT2D eigenvalue weighted by molar-refractivity contribution is 0.256. The number of nitrogens with one attached hydrogen (secondary N) is 1. The van der Waals surface area contributed by atoms with Crippen LogP contribution in [-0.4, -0.2) is 31.2 Å². The molecule has 0 saturated heterocycles. The summed E-state index contributed by atoms with van der Waals surface area (Å²) in [6.07, 6.45) is 1.77. The molecule has 0 aliphatic carbocycles. The summed E-state index contributed by atoms with van der Waals surface area (Å²) in [4.78, 5) is 3.94. The van der Waals surface area contributed by atoms with E-state index in [1.54, 1.807) is 6.92 Å². The Morgan fingerprint density at radius 2 is 2.05 bits per heavy atom. The lowest BCUT2D eigenvalue weighted by Gasteiger charge is -2.15. The Morgan fingerprint density at radius 1 is 1.35 bits per heavy atom. The number of sulfonamides is 1. The molecule has 0 unspecified atom stereocenters. The molecule has 1 heterocycles. The van der Waals surface area contributed by atoms with Crippen LogP contribution in [0.3, 0.4) is 0 Å². The first kappa shape index (κ1) is 15.1. The summed E-state index contributed by atoms with van der Waals surface area (Å²) < 4.78 is 27.0. The van der Waals surface area contributed by atoms with Crippen LogP contribution in [0.25, 0.3) is 0 Å². The summed E-state index contributed by atoms with van der Waals surface area (Å²) in [6, 6.07) is 8.89. The maximum absolute atomic E-state index is 12.2. The predicted octanol–water partition coefficient (Wildman–Crippen LogP) is 1.33. The van der Waals surface area contributed by atoms with Gasteiger partial charge in [-0.05, 0) is 18.9 Å². The molecule has 0 aliphatic heterocycles. The molecule has 2 rings (SSSR count). The zero-order chi connectivity index (χ0) is 14.6. The van der Waals surface area contributed by atoms with Gasteiger partial charge in [-0.15, -0.1) is 11.3 Å². The van der Waals surface area contributed by atoms with Gasteiger partial charge in [0.25, 0.3) is 10.0 Å². The molecule has 2 aromatic rings. The van der Waals surface area contributed by atoms with Crippen LogP contribution in [0.15, 0.2) is 40.7 Å². The molecule has 7 heteroatoms. The van der Waals surface area contributed by atoms with Gasteiger partial charge in [0.2, 0.25) is 0 Å². The minimum atomic E-state index is -3.62. The molecule has 0 aliphatic rings. The average molecular weight is 312 g/mol. The summed E-state index contributed by atoms with van der Waals surface area (Å²) in [6.45, 7) is 1.49. The van der Waals surface area contributed by atoms with Crippen LogP contribution in [-0.2, 0) is 16.4 Å². The lowest BCUT2D eigenvalue weighted by Crippen LogP contribution is -2.38. The highest BCUT2D eigenvalue weighted by Gasteiger charge is 2.21. The van der Waals surface area contributed by atoms with E-state index in [1.165, 1.54) is 6.20 Å². The Hall–Kier alpha value is -1.28. The maximum atomic E-state index is 12.2. The third kappa shape index (κ3) is 3.86. The molecule has 108 valence electrons. The summed E-state index contributed by atoms with van der Waals surface area (Å²) in [5.74, 6) is 0. The molecule has 1 aromatic heterocycles. The van der Waals surface area contributed by atoms with Crippen molar-refractivity contribution in [2.45, 2.75) is 23.6 Å². The van der Waals surface area contributed by atoms with E-state index in [1.807, 2.05) is 30.3 Å². The molecular weight excluding hydrogens is 296 g/mol. The van der Waals surface area contributed by atoms with Crippen molar-refractivity contribution >= 4 is 21.4 Å². The number of aliphatic hydroxyl groups is 1. The number of rotatable bonds is 6. The van der Waals surface area contributed by atoms with E-state index in [2.05, 4.69) is 9.71 Å². The number of aryl methyl sites for hydroxylation is 1. The fourth-order valence-corrected chi connectivity index (χ4v) is 4.14. The molecule has 0 bridgehead atoms. The van der Waals surface area contributed by atoms with Crippen LogP contribution in [0.5, 0.6) is 0 Å². The number of thiazole rings is 1. The van der Waals surface area contributed by atoms with Crippen molar-refractivity contribution in [3.8, 4) is 0 Å². The fraction of sp³-hybridized carbons (Fsp3) is 0.308. The fourth-order valence-electron chi connectivity index (χ4n) is 1.79. The van der Waals surface area contributed by atoms with Gasteiger partial charge in [0.15, 0.2) is 4.21 Å². The van der Waals surface area contributed by atoms with E-state index >= 15 is 0 Å². The Morgan fingerprint density at radius 3 is 2.60 bits per heavy atom. The smallest absolute Gasteiger partial charge is 0.252 e. The molecule has 0 saturated carbocycles. The Kier molecular flexibility index (Phi) is 4.87. The summed E-state index contributed by atoms with van der Waals surface area (Å²) in [5.41, 5.74) is 0.967. The largest absolute Gasteiger partial charge is 0.395 e. The van der Waals surface area contributed by atoms with Gasteiger partial charge in [0, 0.05) is 6.04 Å². The highest BCUT2D eigenvalue weighted by Crippen LogP contribution is 2.18. The molecule has 1 aromatic carbocycles. The molecule has 0 fully saturated rings. The number of nitrogens with zero attached hydrogens (tertiary/aromatic N) is 1. The van der Waals surface area contributed by atoms with E-state index in [4.69, 9.17) is 0 Å². The number of hydrogen-bond acceptors (Lipinski definition) is 5. The Bertz CT molecular complexity index is 653. The average Bonchev–Trinajstić information content (AvgIpc) is 2.86. The second-order valence-electron chi connectivity index (χ2n) is 4.39. The van der Waals surface area contributed by atoms with Crippen LogP contribution in [0.2, 0.25) is 0 Å². The summed E-state index contributed by atoms with van der Waals surface area (Å²) in [5, 5.41) is 10.1. The van der Waals surface area contributed by atoms with Gasteiger partial charge in [-0.25, -0.2) is 18.1 Å². The lowest BCUT2D eigenvalue weighted by atomic mass is 10.1. The molecule has 0 radical (unpaired) electrons. The first-order valence-electron chi connectivity index (χ1n) is 6.11. The highest BCUT2D eigenvalue weighted by molar-refractivity contribution is 7.91. The SMILES string of the molecule is Cc1ncc(S(=O)(=O)N[C@@H](CO)Cc2ccccc2)s1. The van der Waals surface area contributed by atoms with Gasteiger partial charge in [0.05, 0.1) is 17.8 Å². The van der Waals surface area contributed by atoms with Crippen LogP contribution in [0, 0.1) is 6.92 Å². The van der Waals surface area contributed by atoms with Crippen LogP contribution in [0.4, 0.5) is 0 Å². The van der Waals surface area contributed by atoms with Crippen molar-refractivity contribution in [2.75, 3.05) is 6.61 Å². The van der Waals surface area contributed by atoms with Gasteiger partial charge in [0.1, 0.15) is 0 Å². The zero-order valence-electron chi connectivity index (χ0n) is 11.0. The van der Waals surface area contributed by atoms with E-state index in [0.717, 1.165) is 16.9 Å². The van der Waals surface area contributed by atoms with E-state index in [0.29, 0.717) is 11.4 Å². The highest BCUT2D eigenvalue weighted by atomic mass is 32.2. The molecule has 1 atom stereocenters. The minimum absolute atomic E-state index is 0.168. The summed E-state index contributed by atoms with van der Waals surface area (Å²) in [7, 11) is -3.62. The van der Waals surface area contributed by atoms with Crippen molar-refractivity contribution in [1.82, 2.24) is 9.71 Å². The summed E-state index contributed by atoms with van der Waals surface area (Å²) >= 11 is 1.11. The van der Waals surface area contributed by atoms with Crippen molar-refractivity contribution in [3.63, 3.8) is 0 Å². The minimum Gasteiger partial charge on any atom is -0.395 e. The molecule has 0 amide bonds. The van der Waals surface area contributed by atoms with Gasteiger partial charge in [-0.1, -0.05) is 30.3 Å². The van der Waals surface area contributed by atoms with E-state index in [9.17, 15) is 13.5 Å². The maximum Gasteiger partial charge on any atom is 0.252 e. The van der Waals surface area contributed by atoms with Gasteiger partial charge in [-0.2, -0.15) is 0 Å². The molecular formula is C13H16N2O3S2. The normalized spacial score (nSPS) is 13.3. The first-order valence-corrected chi connectivity index (χ1v) is 8.41. The molecule has 2 N–H and O–H groups in total. The number of benzene rings is 1. The Labute approximate surface area is 122 Å². The number of aliphatic hydroxyl groups excluding tert-OH is 1. The van der Waals surface area contributed by atoms with E-state index < -0.39 is 16.1 Å². The predicted molar refractivity (Wildman–Crippen MR) is 78.2 cm³/mol. The Balaban J connectivity index is 2.10. The van der Waals surface area contributed by atoms with E-state index in [-0.39, 0.29) is 10.8 Å². The topological polar surface area (TPSA) is 79.3 Å². The first-order chi connectivity index (χ1) is 9.51. The molecule has 20 heavy (non-hydrogen) atoms. The second kappa shape index (κ2) is 6.45. The third-order valence-corrected chi connectivity index (χ3v) is 5.63.